The Balaban J connectivity index is 0.000000490. The van der Waals surface area contributed by atoms with E-state index in [2.05, 4.69) is 13.0 Å². The van der Waals surface area contributed by atoms with E-state index < -0.39 is 0 Å². The molecule has 0 aromatic heterocycles. The van der Waals surface area contributed by atoms with E-state index in [1.807, 2.05) is 24.3 Å². The molecule has 0 fully saturated rings. The van der Waals surface area contributed by atoms with Crippen LogP contribution in [0.1, 0.15) is 5.56 Å². The van der Waals surface area contributed by atoms with Crippen molar-refractivity contribution in [2.75, 3.05) is 0 Å². The summed E-state index contributed by atoms with van der Waals surface area (Å²) in [6, 6.07) is 10.8. The largest absolute Gasteiger partial charge is 0.184 e. The maximum Gasteiger partial charge on any atom is 0 e. The minimum Gasteiger partial charge on any atom is -0.184 e. The molecule has 0 unspecified atom stereocenters. The molecule has 1 heteroatoms. The van der Waals surface area contributed by atoms with Gasteiger partial charge in [-0.25, -0.2) is 0 Å². The molecule has 0 aliphatic rings. The van der Waals surface area contributed by atoms with Crippen molar-refractivity contribution < 1.29 is 20.4 Å². The number of aryl methyl sites for hydroxylation is 1. The second-order valence-corrected chi connectivity index (χ2v) is 1.58. The van der Waals surface area contributed by atoms with E-state index in [0.717, 1.165) is 0 Å². The Morgan fingerprint density at radius 2 is 1.75 bits per heavy atom. The van der Waals surface area contributed by atoms with Gasteiger partial charge in [0.25, 0.3) is 0 Å². The Kier molecular flexibility index (Phi) is 3.78. The maximum atomic E-state index is 2.93. The second-order valence-electron chi connectivity index (χ2n) is 1.58. The van der Waals surface area contributed by atoms with Gasteiger partial charge in [-0.05, 0) is 0 Å². The standard InChI is InChI=1S/C7H7.Re/c1-7-5-3-2-4-6-7;/h3-6H,1H3;/q-1;. The molecule has 1 aromatic rings. The summed E-state index contributed by atoms with van der Waals surface area (Å²) in [7, 11) is 0. The zero-order valence-corrected chi connectivity index (χ0v) is 7.40. The third kappa shape index (κ3) is 2.26. The quantitative estimate of drug-likeness (QED) is 0.634. The van der Waals surface area contributed by atoms with Gasteiger partial charge in [0, 0.05) is 20.4 Å². The third-order valence-corrected chi connectivity index (χ3v) is 0.885. The number of rotatable bonds is 0. The van der Waals surface area contributed by atoms with Gasteiger partial charge in [-0.3, -0.25) is 0 Å². The summed E-state index contributed by atoms with van der Waals surface area (Å²) in [6.07, 6.45) is 0. The number of hydrogen-bond acceptors (Lipinski definition) is 0. The predicted molar refractivity (Wildman–Crippen MR) is 30.0 cm³/mol. The van der Waals surface area contributed by atoms with Crippen LogP contribution in [0, 0.1) is 13.0 Å². The molecule has 8 heavy (non-hydrogen) atoms. The van der Waals surface area contributed by atoms with E-state index in [9.17, 15) is 0 Å². The van der Waals surface area contributed by atoms with Gasteiger partial charge < -0.3 is 0 Å². The van der Waals surface area contributed by atoms with Gasteiger partial charge in [-0.15, -0.1) is 0 Å². The predicted octanol–water partition coefficient (Wildman–Crippen LogP) is 1.79. The first-order valence-corrected chi connectivity index (χ1v) is 2.32. The fourth-order valence-electron chi connectivity index (χ4n) is 0.470. The SMILES string of the molecule is Cc1cc[c-]cc1.[Re]. The molecule has 1 radical (unpaired) electrons. The first-order chi connectivity index (χ1) is 3.39. The molecule has 0 N–H and O–H groups in total. The molecule has 0 bridgehead atoms. The Bertz CT molecular complexity index is 134. The van der Waals surface area contributed by atoms with Crippen LogP contribution in [0.2, 0.25) is 0 Å². The Morgan fingerprint density at radius 1 is 1.25 bits per heavy atom. The van der Waals surface area contributed by atoms with Crippen LogP contribution in [-0.4, -0.2) is 0 Å². The number of hydrogen-bond donors (Lipinski definition) is 0. The van der Waals surface area contributed by atoms with Crippen LogP contribution in [0.3, 0.4) is 0 Å². The van der Waals surface area contributed by atoms with Crippen LogP contribution >= 0.6 is 0 Å². The van der Waals surface area contributed by atoms with E-state index in [1.54, 1.807) is 0 Å². The van der Waals surface area contributed by atoms with Crippen molar-refractivity contribution in [2.24, 2.45) is 0 Å². The number of benzene rings is 1. The molecule has 0 spiro atoms. The normalized spacial score (nSPS) is 7.62. The van der Waals surface area contributed by atoms with Crippen LogP contribution in [0.4, 0.5) is 0 Å². The molecule has 0 aliphatic carbocycles. The van der Waals surface area contributed by atoms with E-state index in [4.69, 9.17) is 0 Å². The molecular formula is C7H7Re-. The van der Waals surface area contributed by atoms with Crippen LogP contribution in [0.5, 0.6) is 0 Å². The van der Waals surface area contributed by atoms with E-state index >= 15 is 0 Å². The van der Waals surface area contributed by atoms with E-state index in [1.165, 1.54) is 5.56 Å². The average molecular weight is 277 g/mol. The fourth-order valence-corrected chi connectivity index (χ4v) is 0.470. The summed E-state index contributed by atoms with van der Waals surface area (Å²) in [5.41, 5.74) is 1.29. The molecule has 0 atom stereocenters. The smallest absolute Gasteiger partial charge is 0 e. The van der Waals surface area contributed by atoms with Crippen LogP contribution in [0.25, 0.3) is 0 Å². The topological polar surface area (TPSA) is 0 Å². The van der Waals surface area contributed by atoms with Crippen molar-refractivity contribution in [1.82, 2.24) is 0 Å². The van der Waals surface area contributed by atoms with Crippen molar-refractivity contribution in [3.63, 3.8) is 0 Å². The zero-order chi connectivity index (χ0) is 5.11. The average Bonchev–Trinajstić information content (AvgIpc) is 1.69. The van der Waals surface area contributed by atoms with Gasteiger partial charge in [-0.2, -0.15) is 35.9 Å². The van der Waals surface area contributed by atoms with Crippen LogP contribution in [0.15, 0.2) is 24.3 Å². The minimum atomic E-state index is 0. The Hall–Kier alpha value is -0.118. The first kappa shape index (κ1) is 7.88. The summed E-state index contributed by atoms with van der Waals surface area (Å²) < 4.78 is 0. The van der Waals surface area contributed by atoms with Gasteiger partial charge in [-0.1, -0.05) is 6.92 Å². The maximum absolute atomic E-state index is 2.93. The second kappa shape index (κ2) is 3.83. The minimum absolute atomic E-state index is 0. The van der Waals surface area contributed by atoms with Crippen molar-refractivity contribution >= 4 is 0 Å². The Labute approximate surface area is 63.6 Å². The molecule has 43 valence electrons. The van der Waals surface area contributed by atoms with E-state index in [0.29, 0.717) is 0 Å². The molecule has 0 nitrogen and oxygen atoms in total. The van der Waals surface area contributed by atoms with Gasteiger partial charge in [0.1, 0.15) is 0 Å². The van der Waals surface area contributed by atoms with Crippen molar-refractivity contribution in [1.29, 1.82) is 0 Å². The molecule has 1 rings (SSSR count). The van der Waals surface area contributed by atoms with Gasteiger partial charge in [0.2, 0.25) is 0 Å². The first-order valence-electron chi connectivity index (χ1n) is 2.32. The molecule has 0 saturated carbocycles. The fraction of sp³-hybridized carbons (Fsp3) is 0.143. The van der Waals surface area contributed by atoms with Crippen LogP contribution < -0.4 is 0 Å². The van der Waals surface area contributed by atoms with Gasteiger partial charge >= 0.3 is 0 Å². The molecular weight excluding hydrogens is 270 g/mol. The van der Waals surface area contributed by atoms with Gasteiger partial charge in [0.15, 0.2) is 0 Å². The van der Waals surface area contributed by atoms with E-state index in [-0.39, 0.29) is 20.4 Å². The van der Waals surface area contributed by atoms with Gasteiger partial charge in [0.05, 0.1) is 0 Å². The molecule has 1 aromatic carbocycles. The summed E-state index contributed by atoms with van der Waals surface area (Å²) >= 11 is 0. The monoisotopic (exact) mass is 278 g/mol. The summed E-state index contributed by atoms with van der Waals surface area (Å²) in [4.78, 5) is 0. The van der Waals surface area contributed by atoms with Crippen LogP contribution in [-0.2, 0) is 20.4 Å². The summed E-state index contributed by atoms with van der Waals surface area (Å²) in [5, 5.41) is 0. The zero-order valence-electron chi connectivity index (χ0n) is 4.69. The summed E-state index contributed by atoms with van der Waals surface area (Å²) in [6.45, 7) is 2.06. The third-order valence-electron chi connectivity index (χ3n) is 0.885. The Morgan fingerprint density at radius 3 is 2.00 bits per heavy atom. The van der Waals surface area contributed by atoms with Crippen molar-refractivity contribution in [3.05, 3.63) is 35.9 Å². The molecule has 0 heterocycles. The van der Waals surface area contributed by atoms with Crippen molar-refractivity contribution in [2.45, 2.75) is 6.92 Å². The molecule has 0 aliphatic heterocycles. The van der Waals surface area contributed by atoms with Crippen molar-refractivity contribution in [3.8, 4) is 0 Å². The molecule has 0 amide bonds. The molecule has 0 saturated heterocycles. The summed E-state index contributed by atoms with van der Waals surface area (Å²) in [5.74, 6) is 0.